The summed E-state index contributed by atoms with van der Waals surface area (Å²) in [7, 11) is 0. The molecular weight excluding hydrogens is 237 g/mol. The van der Waals surface area contributed by atoms with Gasteiger partial charge in [-0.05, 0) is 37.1 Å². The van der Waals surface area contributed by atoms with Gasteiger partial charge in [-0.3, -0.25) is 0 Å². The van der Waals surface area contributed by atoms with E-state index in [2.05, 4.69) is 15.9 Å². The Hall–Kier alpha value is -0.0500. The van der Waals surface area contributed by atoms with Gasteiger partial charge in [-0.1, -0.05) is 33.6 Å². The number of aryl methyl sites for hydroxylation is 1. The van der Waals surface area contributed by atoms with Crippen LogP contribution in [-0.4, -0.2) is 6.54 Å². The van der Waals surface area contributed by atoms with E-state index in [-0.39, 0.29) is 0 Å². The molecule has 0 saturated heterocycles. The molecule has 0 saturated carbocycles. The third-order valence-corrected chi connectivity index (χ3v) is 2.64. The SMILES string of the molecule is NCCCc1ccc(Cl)cc1Br. The summed E-state index contributed by atoms with van der Waals surface area (Å²) in [5.74, 6) is 0. The topological polar surface area (TPSA) is 26.0 Å². The van der Waals surface area contributed by atoms with Crippen molar-refractivity contribution in [1.82, 2.24) is 0 Å². The van der Waals surface area contributed by atoms with Gasteiger partial charge in [-0.25, -0.2) is 0 Å². The largest absolute Gasteiger partial charge is 0.330 e. The summed E-state index contributed by atoms with van der Waals surface area (Å²) in [5, 5.41) is 0.762. The van der Waals surface area contributed by atoms with Gasteiger partial charge in [0.15, 0.2) is 0 Å². The average Bonchev–Trinajstić information content (AvgIpc) is 2.03. The Labute approximate surface area is 86.0 Å². The summed E-state index contributed by atoms with van der Waals surface area (Å²) >= 11 is 9.25. The van der Waals surface area contributed by atoms with Gasteiger partial charge in [0.1, 0.15) is 0 Å². The second-order valence-electron chi connectivity index (χ2n) is 2.63. The molecule has 0 radical (unpaired) electrons. The molecule has 0 aliphatic rings. The smallest absolute Gasteiger partial charge is 0.0417 e. The summed E-state index contributed by atoms with van der Waals surface area (Å²) in [6.07, 6.45) is 2.02. The van der Waals surface area contributed by atoms with Crippen LogP contribution in [0.5, 0.6) is 0 Å². The number of hydrogen-bond donors (Lipinski definition) is 1. The lowest BCUT2D eigenvalue weighted by molar-refractivity contribution is 0.830. The fraction of sp³-hybridized carbons (Fsp3) is 0.333. The first-order chi connectivity index (χ1) is 5.74. The maximum absolute atomic E-state index is 5.80. The highest BCUT2D eigenvalue weighted by Gasteiger charge is 1.99. The molecule has 12 heavy (non-hydrogen) atoms. The molecule has 0 aliphatic heterocycles. The Morgan fingerprint density at radius 1 is 1.42 bits per heavy atom. The highest BCUT2D eigenvalue weighted by atomic mass is 79.9. The number of benzene rings is 1. The third kappa shape index (κ3) is 2.77. The second kappa shape index (κ2) is 4.85. The van der Waals surface area contributed by atoms with Crippen molar-refractivity contribution in [3.63, 3.8) is 0 Å². The Morgan fingerprint density at radius 2 is 2.17 bits per heavy atom. The van der Waals surface area contributed by atoms with Crippen molar-refractivity contribution in [3.8, 4) is 0 Å². The summed E-state index contributed by atoms with van der Waals surface area (Å²) in [5.41, 5.74) is 6.68. The molecule has 0 amide bonds. The molecule has 0 unspecified atom stereocenters. The van der Waals surface area contributed by atoms with Crippen LogP contribution in [0.15, 0.2) is 22.7 Å². The number of rotatable bonds is 3. The summed E-state index contributed by atoms with van der Waals surface area (Å²) in [6, 6.07) is 5.84. The van der Waals surface area contributed by atoms with Gasteiger partial charge in [-0.15, -0.1) is 0 Å². The molecule has 0 aromatic heterocycles. The van der Waals surface area contributed by atoms with Gasteiger partial charge in [0.05, 0.1) is 0 Å². The molecule has 1 rings (SSSR count). The molecule has 0 bridgehead atoms. The lowest BCUT2D eigenvalue weighted by atomic mass is 10.1. The Balaban J connectivity index is 2.72. The highest BCUT2D eigenvalue weighted by Crippen LogP contribution is 2.22. The molecule has 1 aromatic carbocycles. The minimum absolute atomic E-state index is 0.731. The Kier molecular flexibility index (Phi) is 4.06. The lowest BCUT2D eigenvalue weighted by Gasteiger charge is -2.02. The molecule has 1 aromatic rings. The van der Waals surface area contributed by atoms with Crippen LogP contribution in [-0.2, 0) is 6.42 Å². The zero-order valence-corrected chi connectivity index (χ0v) is 9.03. The Morgan fingerprint density at radius 3 is 2.75 bits per heavy atom. The first-order valence-corrected chi connectivity index (χ1v) is 5.05. The molecule has 1 nitrogen and oxygen atoms in total. The van der Waals surface area contributed by atoms with Crippen molar-refractivity contribution in [2.75, 3.05) is 6.54 Å². The quantitative estimate of drug-likeness (QED) is 0.874. The molecular formula is C9H11BrClN. The molecule has 3 heteroatoms. The lowest BCUT2D eigenvalue weighted by Crippen LogP contribution is -2.00. The molecule has 0 spiro atoms. The van der Waals surface area contributed by atoms with Crippen LogP contribution in [0.1, 0.15) is 12.0 Å². The fourth-order valence-electron chi connectivity index (χ4n) is 1.02. The maximum Gasteiger partial charge on any atom is 0.0417 e. The molecule has 0 fully saturated rings. The van der Waals surface area contributed by atoms with Crippen molar-refractivity contribution in [1.29, 1.82) is 0 Å². The van der Waals surface area contributed by atoms with Crippen molar-refractivity contribution in [2.45, 2.75) is 12.8 Å². The van der Waals surface area contributed by atoms with Gasteiger partial charge in [-0.2, -0.15) is 0 Å². The normalized spacial score (nSPS) is 10.2. The van der Waals surface area contributed by atoms with Crippen LogP contribution in [0.2, 0.25) is 5.02 Å². The zero-order valence-electron chi connectivity index (χ0n) is 6.69. The number of nitrogens with two attached hydrogens (primary N) is 1. The monoisotopic (exact) mass is 247 g/mol. The maximum atomic E-state index is 5.80. The first kappa shape index (κ1) is 10.0. The van der Waals surface area contributed by atoms with Gasteiger partial charge < -0.3 is 5.73 Å². The fourth-order valence-corrected chi connectivity index (χ4v) is 1.90. The van der Waals surface area contributed by atoms with E-state index >= 15 is 0 Å². The van der Waals surface area contributed by atoms with Gasteiger partial charge in [0, 0.05) is 9.50 Å². The van der Waals surface area contributed by atoms with Crippen LogP contribution >= 0.6 is 27.5 Å². The van der Waals surface area contributed by atoms with E-state index in [4.69, 9.17) is 17.3 Å². The molecule has 0 atom stereocenters. The summed E-state index contributed by atoms with van der Waals surface area (Å²) < 4.78 is 1.07. The van der Waals surface area contributed by atoms with E-state index in [1.165, 1.54) is 5.56 Å². The summed E-state index contributed by atoms with van der Waals surface area (Å²) in [6.45, 7) is 0.731. The van der Waals surface area contributed by atoms with Crippen molar-refractivity contribution < 1.29 is 0 Å². The van der Waals surface area contributed by atoms with Crippen LogP contribution < -0.4 is 5.73 Å². The Bertz CT molecular complexity index is 263. The number of halogens is 2. The van der Waals surface area contributed by atoms with E-state index in [0.29, 0.717) is 0 Å². The van der Waals surface area contributed by atoms with Gasteiger partial charge in [0.25, 0.3) is 0 Å². The van der Waals surface area contributed by atoms with E-state index < -0.39 is 0 Å². The zero-order chi connectivity index (χ0) is 8.97. The molecule has 66 valence electrons. The molecule has 2 N–H and O–H groups in total. The van der Waals surface area contributed by atoms with Crippen molar-refractivity contribution in [3.05, 3.63) is 33.3 Å². The van der Waals surface area contributed by atoms with Crippen LogP contribution in [0.25, 0.3) is 0 Å². The van der Waals surface area contributed by atoms with Gasteiger partial charge in [0.2, 0.25) is 0 Å². The molecule has 0 heterocycles. The van der Waals surface area contributed by atoms with Crippen LogP contribution in [0.3, 0.4) is 0 Å². The highest BCUT2D eigenvalue weighted by molar-refractivity contribution is 9.10. The van der Waals surface area contributed by atoms with Crippen LogP contribution in [0.4, 0.5) is 0 Å². The van der Waals surface area contributed by atoms with E-state index in [1.807, 2.05) is 18.2 Å². The van der Waals surface area contributed by atoms with Gasteiger partial charge >= 0.3 is 0 Å². The van der Waals surface area contributed by atoms with Crippen molar-refractivity contribution in [2.24, 2.45) is 5.73 Å². The average molecular weight is 249 g/mol. The van der Waals surface area contributed by atoms with E-state index in [9.17, 15) is 0 Å². The second-order valence-corrected chi connectivity index (χ2v) is 3.92. The van der Waals surface area contributed by atoms with Crippen molar-refractivity contribution >= 4 is 27.5 Å². The molecule has 0 aliphatic carbocycles. The van der Waals surface area contributed by atoms with Crippen LogP contribution in [0, 0.1) is 0 Å². The summed E-state index contributed by atoms with van der Waals surface area (Å²) in [4.78, 5) is 0. The minimum atomic E-state index is 0.731. The number of hydrogen-bond acceptors (Lipinski definition) is 1. The predicted octanol–water partition coefficient (Wildman–Crippen LogP) is 2.99. The standard InChI is InChI=1S/C9H11BrClN/c10-9-6-8(11)4-3-7(9)2-1-5-12/h3-4,6H,1-2,5,12H2. The first-order valence-electron chi connectivity index (χ1n) is 3.88. The van der Waals surface area contributed by atoms with E-state index in [0.717, 1.165) is 28.9 Å². The van der Waals surface area contributed by atoms with E-state index in [1.54, 1.807) is 0 Å². The minimum Gasteiger partial charge on any atom is -0.330 e. The predicted molar refractivity (Wildman–Crippen MR) is 56.5 cm³/mol. The third-order valence-electron chi connectivity index (χ3n) is 1.67.